The number of anilines is 1. The zero-order valence-corrected chi connectivity index (χ0v) is 16.7. The monoisotopic (exact) mass is 402 g/mol. The third-order valence-electron chi connectivity index (χ3n) is 4.78. The third-order valence-corrected chi connectivity index (χ3v) is 6.32. The maximum absolute atomic E-state index is 12.5. The highest BCUT2D eigenvalue weighted by Gasteiger charge is 2.22. The van der Waals surface area contributed by atoms with E-state index in [4.69, 9.17) is 4.74 Å². The molecule has 0 unspecified atom stereocenters. The van der Waals surface area contributed by atoms with Gasteiger partial charge in [-0.05, 0) is 56.2 Å². The molecule has 1 atom stereocenters. The lowest BCUT2D eigenvalue weighted by atomic mass is 9.96. The van der Waals surface area contributed by atoms with Crippen molar-refractivity contribution in [2.24, 2.45) is 0 Å². The summed E-state index contributed by atoms with van der Waals surface area (Å²) in [6, 6.07) is 15.3. The highest BCUT2D eigenvalue weighted by Crippen LogP contribution is 2.21. The number of nitrogens with one attached hydrogen (secondary N) is 2. The van der Waals surface area contributed by atoms with E-state index in [9.17, 15) is 13.2 Å². The molecule has 28 heavy (non-hydrogen) atoms. The molecule has 0 aliphatic heterocycles. The summed E-state index contributed by atoms with van der Waals surface area (Å²) in [5.41, 5.74) is 0.519. The van der Waals surface area contributed by atoms with Gasteiger partial charge in [0.25, 0.3) is 5.91 Å². The summed E-state index contributed by atoms with van der Waals surface area (Å²) in [5, 5.41) is 2.74. The topological polar surface area (TPSA) is 84.5 Å². The van der Waals surface area contributed by atoms with Crippen molar-refractivity contribution >= 4 is 21.6 Å². The van der Waals surface area contributed by atoms with E-state index in [1.165, 1.54) is 18.6 Å². The Labute approximate surface area is 166 Å². The molecule has 0 radical (unpaired) electrons. The van der Waals surface area contributed by atoms with Crippen molar-refractivity contribution in [3.63, 3.8) is 0 Å². The average Bonchev–Trinajstić information content (AvgIpc) is 2.69. The molecule has 1 saturated carbocycles. The molecular formula is C21H26N2O4S. The Balaban J connectivity index is 1.58. The molecule has 0 saturated heterocycles. The molecule has 0 heterocycles. The van der Waals surface area contributed by atoms with E-state index in [0.29, 0.717) is 11.4 Å². The van der Waals surface area contributed by atoms with Crippen LogP contribution in [0.4, 0.5) is 5.69 Å². The Kier molecular flexibility index (Phi) is 6.70. The number of rotatable bonds is 7. The predicted molar refractivity (Wildman–Crippen MR) is 109 cm³/mol. The standard InChI is InChI=1S/C21H26N2O4S/c1-16(27-19-10-6-3-7-11-19)21(24)22-17-12-14-20(15-13-17)28(25,26)23-18-8-4-2-5-9-18/h3,6-7,10-16,18,23H,2,4-5,8-9H2,1H3,(H,22,24)/t16-/m1/s1. The fraction of sp³-hybridized carbons (Fsp3) is 0.381. The fourth-order valence-corrected chi connectivity index (χ4v) is 4.53. The first-order chi connectivity index (χ1) is 13.4. The molecule has 150 valence electrons. The fourth-order valence-electron chi connectivity index (χ4n) is 3.23. The predicted octanol–water partition coefficient (Wildman–Crippen LogP) is 3.70. The lowest BCUT2D eigenvalue weighted by molar-refractivity contribution is -0.122. The van der Waals surface area contributed by atoms with Gasteiger partial charge in [0, 0.05) is 11.7 Å². The van der Waals surface area contributed by atoms with Gasteiger partial charge in [0.1, 0.15) is 5.75 Å². The molecule has 1 aliphatic carbocycles. The zero-order chi connectivity index (χ0) is 20.0. The number of para-hydroxylation sites is 1. The quantitative estimate of drug-likeness (QED) is 0.739. The second kappa shape index (κ2) is 9.21. The van der Waals surface area contributed by atoms with Crippen molar-refractivity contribution in [1.29, 1.82) is 0 Å². The number of sulfonamides is 1. The summed E-state index contributed by atoms with van der Waals surface area (Å²) >= 11 is 0. The largest absolute Gasteiger partial charge is 0.481 e. The number of hydrogen-bond donors (Lipinski definition) is 2. The number of amides is 1. The van der Waals surface area contributed by atoms with Gasteiger partial charge >= 0.3 is 0 Å². The zero-order valence-electron chi connectivity index (χ0n) is 15.9. The van der Waals surface area contributed by atoms with Crippen LogP contribution in [-0.4, -0.2) is 26.5 Å². The minimum atomic E-state index is -3.55. The normalized spacial score (nSPS) is 16.3. The Morgan fingerprint density at radius 3 is 2.29 bits per heavy atom. The molecule has 2 aromatic carbocycles. The Bertz CT molecular complexity index is 876. The van der Waals surface area contributed by atoms with Gasteiger partial charge < -0.3 is 10.1 Å². The molecule has 3 rings (SSSR count). The minimum Gasteiger partial charge on any atom is -0.481 e. The maximum Gasteiger partial charge on any atom is 0.265 e. The molecular weight excluding hydrogens is 376 g/mol. The third kappa shape index (κ3) is 5.56. The molecule has 6 nitrogen and oxygen atoms in total. The van der Waals surface area contributed by atoms with E-state index >= 15 is 0 Å². The van der Waals surface area contributed by atoms with Gasteiger partial charge in [0.2, 0.25) is 10.0 Å². The Morgan fingerprint density at radius 1 is 1.00 bits per heavy atom. The van der Waals surface area contributed by atoms with Crippen LogP contribution >= 0.6 is 0 Å². The first-order valence-corrected chi connectivity index (χ1v) is 11.1. The molecule has 1 fully saturated rings. The van der Waals surface area contributed by atoms with E-state index in [0.717, 1.165) is 25.7 Å². The summed E-state index contributed by atoms with van der Waals surface area (Å²) in [6.07, 6.45) is 4.36. The van der Waals surface area contributed by atoms with Gasteiger partial charge in [-0.1, -0.05) is 37.5 Å². The number of carbonyl (C=O) groups excluding carboxylic acids is 1. The minimum absolute atomic E-state index is 0.00844. The summed E-state index contributed by atoms with van der Waals surface area (Å²) in [5.74, 6) is 0.306. The van der Waals surface area contributed by atoms with Gasteiger partial charge in [-0.3, -0.25) is 4.79 Å². The summed E-state index contributed by atoms with van der Waals surface area (Å²) in [6.45, 7) is 1.66. The van der Waals surface area contributed by atoms with Crippen LogP contribution < -0.4 is 14.8 Å². The van der Waals surface area contributed by atoms with E-state index in [1.54, 1.807) is 31.2 Å². The van der Waals surface area contributed by atoms with Gasteiger partial charge in [-0.2, -0.15) is 0 Å². The highest BCUT2D eigenvalue weighted by atomic mass is 32.2. The maximum atomic E-state index is 12.5. The highest BCUT2D eigenvalue weighted by molar-refractivity contribution is 7.89. The summed E-state index contributed by atoms with van der Waals surface area (Å²) in [7, 11) is -3.55. The SMILES string of the molecule is C[C@@H](Oc1ccccc1)C(=O)Nc1ccc(S(=O)(=O)NC2CCCCC2)cc1. The summed E-state index contributed by atoms with van der Waals surface area (Å²) in [4.78, 5) is 12.5. The van der Waals surface area contributed by atoms with Crippen molar-refractivity contribution in [2.45, 2.75) is 56.1 Å². The Morgan fingerprint density at radius 2 is 1.64 bits per heavy atom. The van der Waals surface area contributed by atoms with Crippen LogP contribution in [-0.2, 0) is 14.8 Å². The number of ether oxygens (including phenoxy) is 1. The van der Waals surface area contributed by atoms with Gasteiger partial charge in [0.15, 0.2) is 6.10 Å². The smallest absolute Gasteiger partial charge is 0.265 e. The van der Waals surface area contributed by atoms with E-state index in [1.807, 2.05) is 18.2 Å². The average molecular weight is 403 g/mol. The van der Waals surface area contributed by atoms with Crippen molar-refractivity contribution in [3.8, 4) is 5.75 Å². The van der Waals surface area contributed by atoms with Crippen molar-refractivity contribution in [3.05, 3.63) is 54.6 Å². The van der Waals surface area contributed by atoms with Crippen molar-refractivity contribution in [2.75, 3.05) is 5.32 Å². The van der Waals surface area contributed by atoms with Crippen LogP contribution in [0, 0.1) is 0 Å². The first kappa shape index (κ1) is 20.4. The lowest BCUT2D eigenvalue weighted by Crippen LogP contribution is -2.36. The van der Waals surface area contributed by atoms with Crippen molar-refractivity contribution in [1.82, 2.24) is 4.72 Å². The molecule has 0 aromatic heterocycles. The molecule has 0 spiro atoms. The van der Waals surface area contributed by atoms with Gasteiger partial charge in [0.05, 0.1) is 4.90 Å². The molecule has 7 heteroatoms. The molecule has 2 aromatic rings. The lowest BCUT2D eigenvalue weighted by Gasteiger charge is -2.22. The van der Waals surface area contributed by atoms with Crippen LogP contribution in [0.25, 0.3) is 0 Å². The molecule has 1 aliphatic rings. The Hall–Kier alpha value is -2.38. The van der Waals surface area contributed by atoms with Gasteiger partial charge in [-0.25, -0.2) is 13.1 Å². The van der Waals surface area contributed by atoms with Crippen LogP contribution in [0.3, 0.4) is 0 Å². The van der Waals surface area contributed by atoms with E-state index < -0.39 is 16.1 Å². The molecule has 1 amide bonds. The van der Waals surface area contributed by atoms with E-state index in [2.05, 4.69) is 10.0 Å². The molecule has 2 N–H and O–H groups in total. The van der Waals surface area contributed by atoms with Crippen LogP contribution in [0.15, 0.2) is 59.5 Å². The van der Waals surface area contributed by atoms with Crippen LogP contribution in [0.1, 0.15) is 39.0 Å². The van der Waals surface area contributed by atoms with Crippen LogP contribution in [0.5, 0.6) is 5.75 Å². The first-order valence-electron chi connectivity index (χ1n) is 9.59. The van der Waals surface area contributed by atoms with Gasteiger partial charge in [-0.15, -0.1) is 0 Å². The summed E-state index contributed by atoms with van der Waals surface area (Å²) < 4.78 is 33.4. The number of benzene rings is 2. The molecule has 0 bridgehead atoms. The number of carbonyl (C=O) groups is 1. The van der Waals surface area contributed by atoms with Crippen LogP contribution in [0.2, 0.25) is 0 Å². The van der Waals surface area contributed by atoms with E-state index in [-0.39, 0.29) is 16.8 Å². The number of hydrogen-bond acceptors (Lipinski definition) is 4. The van der Waals surface area contributed by atoms with Crippen molar-refractivity contribution < 1.29 is 17.9 Å². The second-order valence-electron chi connectivity index (χ2n) is 7.04. The second-order valence-corrected chi connectivity index (χ2v) is 8.76.